The largest absolute Gasteiger partial charge is 0.507 e. The second-order valence-electron chi connectivity index (χ2n) is 8.88. The molecule has 0 radical (unpaired) electrons. The summed E-state index contributed by atoms with van der Waals surface area (Å²) in [5, 5.41) is 11.2. The number of Topliss-reactive ketones (excluding diaryl/α,β-unsaturated/α-hetero) is 1. The maximum Gasteiger partial charge on any atom is 0.295 e. The van der Waals surface area contributed by atoms with E-state index < -0.39 is 17.7 Å². The second kappa shape index (κ2) is 10.5. The maximum absolute atomic E-state index is 13.0. The molecule has 1 N–H and O–H groups in total. The normalized spacial score (nSPS) is 17.3. The summed E-state index contributed by atoms with van der Waals surface area (Å²) in [6.45, 7) is 3.38. The lowest BCUT2D eigenvalue weighted by molar-refractivity contribution is -0.140. The zero-order valence-electron chi connectivity index (χ0n) is 20.1. The van der Waals surface area contributed by atoms with Crippen LogP contribution in [0.4, 0.5) is 0 Å². The maximum atomic E-state index is 13.0. The SMILES string of the molecule is Cc1cccc(COc2ccc(C(O)=C3C(=O)C(=O)N(CCN(C)C)[C@H]3c3cccnc3)cc2)c1. The molecule has 180 valence electrons. The topological polar surface area (TPSA) is 83.0 Å². The molecule has 35 heavy (non-hydrogen) atoms. The molecular formula is C28H29N3O4. The number of aromatic nitrogens is 1. The minimum atomic E-state index is -0.708. The number of carbonyl (C=O) groups excluding carboxylic acids is 2. The Morgan fingerprint density at radius 1 is 1.09 bits per heavy atom. The number of likely N-dealkylation sites (tertiary alicyclic amines) is 1. The molecule has 2 heterocycles. The van der Waals surface area contributed by atoms with E-state index in [0.29, 0.717) is 36.6 Å². The molecule has 1 aromatic heterocycles. The second-order valence-corrected chi connectivity index (χ2v) is 8.88. The number of rotatable bonds is 8. The number of aryl methyl sites for hydroxylation is 1. The van der Waals surface area contributed by atoms with Crippen LogP contribution < -0.4 is 4.74 Å². The van der Waals surface area contributed by atoms with Crippen LogP contribution in [0.25, 0.3) is 5.76 Å². The first-order valence-electron chi connectivity index (χ1n) is 11.5. The van der Waals surface area contributed by atoms with E-state index in [1.54, 1.807) is 42.7 Å². The van der Waals surface area contributed by atoms with Gasteiger partial charge in [0, 0.05) is 31.0 Å². The van der Waals surface area contributed by atoms with Gasteiger partial charge in [-0.2, -0.15) is 0 Å². The number of carbonyl (C=O) groups is 2. The Labute approximate surface area is 205 Å². The van der Waals surface area contributed by atoms with Gasteiger partial charge in [0.1, 0.15) is 18.1 Å². The van der Waals surface area contributed by atoms with Crippen LogP contribution in [0.2, 0.25) is 0 Å². The number of nitrogens with zero attached hydrogens (tertiary/aromatic N) is 3. The average Bonchev–Trinajstić information content (AvgIpc) is 3.11. The molecular weight excluding hydrogens is 442 g/mol. The summed E-state index contributed by atoms with van der Waals surface area (Å²) >= 11 is 0. The Bertz CT molecular complexity index is 1240. The number of aliphatic hydroxyl groups is 1. The Balaban J connectivity index is 1.62. The smallest absolute Gasteiger partial charge is 0.295 e. The molecule has 4 rings (SSSR count). The Hall–Kier alpha value is -3.97. The van der Waals surface area contributed by atoms with Crippen molar-refractivity contribution in [2.24, 2.45) is 0 Å². The monoisotopic (exact) mass is 471 g/mol. The summed E-state index contributed by atoms with van der Waals surface area (Å²) in [5.41, 5.74) is 3.40. The van der Waals surface area contributed by atoms with Crippen LogP contribution in [-0.4, -0.2) is 58.8 Å². The van der Waals surface area contributed by atoms with Gasteiger partial charge in [0.15, 0.2) is 0 Å². The fraction of sp³-hybridized carbons (Fsp3) is 0.250. The van der Waals surface area contributed by atoms with E-state index in [1.165, 1.54) is 4.90 Å². The van der Waals surface area contributed by atoms with Gasteiger partial charge < -0.3 is 19.6 Å². The quantitative estimate of drug-likeness (QED) is 0.304. The number of amides is 1. The molecule has 2 aromatic carbocycles. The van der Waals surface area contributed by atoms with Crippen LogP contribution in [-0.2, 0) is 16.2 Å². The standard InChI is InChI=1S/C28H29N3O4/c1-19-6-4-7-20(16-19)18-35-23-11-9-21(10-12-23)26(32)24-25(22-8-5-13-29-17-22)31(15-14-30(2)3)28(34)27(24)33/h4-13,16-17,25,32H,14-15,18H2,1-3H3/t25-/m0/s1. The summed E-state index contributed by atoms with van der Waals surface area (Å²) in [6.07, 6.45) is 3.25. The lowest BCUT2D eigenvalue weighted by Crippen LogP contribution is -2.35. The van der Waals surface area contributed by atoms with Gasteiger partial charge in [0.2, 0.25) is 0 Å². The zero-order chi connectivity index (χ0) is 24.9. The number of ketones is 1. The molecule has 0 saturated carbocycles. The van der Waals surface area contributed by atoms with E-state index in [4.69, 9.17) is 4.74 Å². The minimum Gasteiger partial charge on any atom is -0.507 e. The zero-order valence-corrected chi connectivity index (χ0v) is 20.1. The Kier molecular flexibility index (Phi) is 7.27. The summed E-state index contributed by atoms with van der Waals surface area (Å²) in [4.78, 5) is 33.6. The van der Waals surface area contributed by atoms with Crippen LogP contribution in [0.1, 0.15) is 28.3 Å². The van der Waals surface area contributed by atoms with Crippen LogP contribution in [0, 0.1) is 6.92 Å². The molecule has 7 heteroatoms. The van der Waals surface area contributed by atoms with Gasteiger partial charge in [-0.05, 0) is 62.5 Å². The van der Waals surface area contributed by atoms with Gasteiger partial charge in [-0.15, -0.1) is 0 Å². The van der Waals surface area contributed by atoms with Crippen molar-refractivity contribution in [2.45, 2.75) is 19.6 Å². The third-order valence-corrected chi connectivity index (χ3v) is 5.94. The number of ether oxygens (including phenoxy) is 1. The molecule has 3 aromatic rings. The Morgan fingerprint density at radius 3 is 2.51 bits per heavy atom. The van der Waals surface area contributed by atoms with E-state index >= 15 is 0 Å². The predicted octanol–water partition coefficient (Wildman–Crippen LogP) is 3.95. The van der Waals surface area contributed by atoms with Crippen molar-refractivity contribution >= 4 is 17.4 Å². The van der Waals surface area contributed by atoms with Crippen molar-refractivity contribution in [3.8, 4) is 5.75 Å². The van der Waals surface area contributed by atoms with Gasteiger partial charge in [0.05, 0.1) is 11.6 Å². The summed E-state index contributed by atoms with van der Waals surface area (Å²) in [7, 11) is 3.80. The van der Waals surface area contributed by atoms with E-state index in [-0.39, 0.29) is 11.3 Å². The van der Waals surface area contributed by atoms with Crippen LogP contribution in [0.3, 0.4) is 0 Å². The van der Waals surface area contributed by atoms with Crippen molar-refractivity contribution in [3.05, 3.63) is 101 Å². The highest BCUT2D eigenvalue weighted by atomic mass is 16.5. The Morgan fingerprint density at radius 2 is 1.86 bits per heavy atom. The predicted molar refractivity (Wildman–Crippen MR) is 134 cm³/mol. The van der Waals surface area contributed by atoms with Gasteiger partial charge >= 0.3 is 0 Å². The molecule has 0 aliphatic carbocycles. The lowest BCUT2D eigenvalue weighted by Gasteiger charge is -2.26. The third-order valence-electron chi connectivity index (χ3n) is 5.94. The molecule has 1 fully saturated rings. The molecule has 1 aliphatic rings. The highest BCUT2D eigenvalue weighted by Gasteiger charge is 2.46. The number of aliphatic hydroxyl groups excluding tert-OH is 1. The molecule has 0 bridgehead atoms. The fourth-order valence-electron chi connectivity index (χ4n) is 4.14. The number of hydrogen-bond donors (Lipinski definition) is 1. The van der Waals surface area contributed by atoms with Gasteiger partial charge in [-0.25, -0.2) is 0 Å². The molecule has 0 unspecified atom stereocenters. The highest BCUT2D eigenvalue weighted by molar-refractivity contribution is 6.46. The number of hydrogen-bond acceptors (Lipinski definition) is 6. The van der Waals surface area contributed by atoms with Crippen LogP contribution in [0.15, 0.2) is 78.6 Å². The fourth-order valence-corrected chi connectivity index (χ4v) is 4.14. The van der Waals surface area contributed by atoms with Gasteiger partial charge in [0.25, 0.3) is 11.7 Å². The van der Waals surface area contributed by atoms with E-state index in [2.05, 4.69) is 11.1 Å². The van der Waals surface area contributed by atoms with Crippen molar-refractivity contribution < 1.29 is 19.4 Å². The van der Waals surface area contributed by atoms with E-state index in [0.717, 1.165) is 11.1 Å². The highest BCUT2D eigenvalue weighted by Crippen LogP contribution is 2.39. The lowest BCUT2D eigenvalue weighted by atomic mass is 9.96. The van der Waals surface area contributed by atoms with Crippen molar-refractivity contribution in [1.29, 1.82) is 0 Å². The molecule has 7 nitrogen and oxygen atoms in total. The first kappa shape index (κ1) is 24.2. The van der Waals surface area contributed by atoms with Crippen molar-refractivity contribution in [1.82, 2.24) is 14.8 Å². The summed E-state index contributed by atoms with van der Waals surface area (Å²) < 4.78 is 5.87. The molecule has 1 saturated heterocycles. The van der Waals surface area contributed by atoms with Crippen LogP contribution in [0.5, 0.6) is 5.75 Å². The van der Waals surface area contributed by atoms with E-state index in [9.17, 15) is 14.7 Å². The molecule has 1 atom stereocenters. The molecule has 0 spiro atoms. The average molecular weight is 472 g/mol. The van der Waals surface area contributed by atoms with Crippen molar-refractivity contribution in [2.75, 3.05) is 27.2 Å². The first-order valence-corrected chi connectivity index (χ1v) is 11.5. The van der Waals surface area contributed by atoms with Crippen LogP contribution >= 0.6 is 0 Å². The summed E-state index contributed by atoms with van der Waals surface area (Å²) in [6, 6.07) is 17.8. The number of likely N-dealkylation sites (N-methyl/N-ethyl adjacent to an activating group) is 1. The van der Waals surface area contributed by atoms with Crippen molar-refractivity contribution in [3.63, 3.8) is 0 Å². The number of pyridine rings is 1. The third kappa shape index (κ3) is 5.41. The number of benzene rings is 2. The summed E-state index contributed by atoms with van der Waals surface area (Å²) in [5.74, 6) is -0.900. The molecule has 1 aliphatic heterocycles. The van der Waals surface area contributed by atoms with Gasteiger partial charge in [-0.1, -0.05) is 35.9 Å². The first-order chi connectivity index (χ1) is 16.8. The minimum absolute atomic E-state index is 0.0650. The molecule has 1 amide bonds. The van der Waals surface area contributed by atoms with E-state index in [1.807, 2.05) is 50.2 Å². The van der Waals surface area contributed by atoms with Gasteiger partial charge in [-0.3, -0.25) is 14.6 Å².